The van der Waals surface area contributed by atoms with Crippen molar-refractivity contribution in [1.29, 1.82) is 0 Å². The second-order valence-electron chi connectivity index (χ2n) is 5.60. The lowest BCUT2D eigenvalue weighted by molar-refractivity contribution is 0.109. The van der Waals surface area contributed by atoms with E-state index in [-0.39, 0.29) is 0 Å². The smallest absolute Gasteiger partial charge is 0.155 e. The Labute approximate surface area is 113 Å². The molecule has 1 aliphatic heterocycles. The first-order chi connectivity index (χ1) is 9.15. The zero-order chi connectivity index (χ0) is 13.4. The minimum atomic E-state index is 0.414. The van der Waals surface area contributed by atoms with E-state index in [1.807, 2.05) is 6.20 Å². The number of fused-ring (bicyclic) bond motifs is 1. The Hall–Kier alpha value is -1.62. The summed E-state index contributed by atoms with van der Waals surface area (Å²) in [4.78, 5) is 6.86. The van der Waals surface area contributed by atoms with Gasteiger partial charge in [0.25, 0.3) is 0 Å². The predicted octanol–water partition coefficient (Wildman–Crippen LogP) is 2.25. The van der Waals surface area contributed by atoms with E-state index in [2.05, 4.69) is 34.9 Å². The minimum Gasteiger partial charge on any atom is -0.396 e. The Kier molecular flexibility index (Phi) is 3.14. The number of hydrogen-bond donors (Lipinski definition) is 1. The summed E-state index contributed by atoms with van der Waals surface area (Å²) in [5, 5.41) is 4.66. The molecule has 5 heteroatoms. The molecule has 0 spiro atoms. The topological polar surface area (TPSA) is 59.5 Å². The molecule has 3 heterocycles. The van der Waals surface area contributed by atoms with Crippen molar-refractivity contribution in [3.8, 4) is 0 Å². The quantitative estimate of drug-likeness (QED) is 0.898. The van der Waals surface area contributed by atoms with Gasteiger partial charge in [-0.2, -0.15) is 5.10 Å². The summed E-state index contributed by atoms with van der Waals surface area (Å²) in [5.74, 6) is 0. The molecule has 1 fully saturated rings. The predicted molar refractivity (Wildman–Crippen MR) is 75.8 cm³/mol. The summed E-state index contributed by atoms with van der Waals surface area (Å²) in [6.07, 6.45) is 7.25. The van der Waals surface area contributed by atoms with Crippen LogP contribution in [0.1, 0.15) is 44.8 Å². The highest BCUT2D eigenvalue weighted by atomic mass is 15.3. The van der Waals surface area contributed by atoms with Gasteiger partial charge in [-0.15, -0.1) is 0 Å². The maximum absolute atomic E-state index is 5.75. The zero-order valence-corrected chi connectivity index (χ0v) is 11.6. The third kappa shape index (κ3) is 2.30. The van der Waals surface area contributed by atoms with Crippen molar-refractivity contribution < 1.29 is 0 Å². The Morgan fingerprint density at radius 1 is 1.37 bits per heavy atom. The Morgan fingerprint density at radius 3 is 3.00 bits per heavy atom. The van der Waals surface area contributed by atoms with Crippen molar-refractivity contribution >= 4 is 11.3 Å². The second kappa shape index (κ2) is 4.81. The van der Waals surface area contributed by atoms with Crippen molar-refractivity contribution in [3.05, 3.63) is 24.2 Å². The average molecular weight is 259 g/mol. The molecule has 1 saturated heterocycles. The molecule has 0 aliphatic carbocycles. The van der Waals surface area contributed by atoms with Gasteiger partial charge in [-0.1, -0.05) is 6.42 Å². The lowest BCUT2D eigenvalue weighted by Crippen LogP contribution is -2.38. The van der Waals surface area contributed by atoms with Gasteiger partial charge in [0.15, 0.2) is 5.65 Å². The number of piperidine rings is 1. The largest absolute Gasteiger partial charge is 0.396 e. The first-order valence-corrected chi connectivity index (χ1v) is 7.01. The number of likely N-dealkylation sites (tertiary alicyclic amines) is 1. The number of hydrogen-bond acceptors (Lipinski definition) is 4. The minimum absolute atomic E-state index is 0.414. The van der Waals surface area contributed by atoms with Crippen molar-refractivity contribution in [3.63, 3.8) is 0 Å². The SMILES string of the molecule is CC(C)N1CCCCC1c1cc2ncc(N)cn2n1. The summed E-state index contributed by atoms with van der Waals surface area (Å²) in [6, 6.07) is 3.05. The molecule has 19 heavy (non-hydrogen) atoms. The van der Waals surface area contributed by atoms with Crippen LogP contribution in [0.3, 0.4) is 0 Å². The van der Waals surface area contributed by atoms with Gasteiger partial charge in [-0.05, 0) is 33.2 Å². The maximum Gasteiger partial charge on any atom is 0.155 e. The standard InChI is InChI=1S/C14H21N5/c1-10(2)18-6-4-3-5-13(18)12-7-14-16-8-11(15)9-19(14)17-12/h7-10,13H,3-6,15H2,1-2H3. The Bertz CT molecular complexity index is 574. The van der Waals surface area contributed by atoms with Gasteiger partial charge in [-0.25, -0.2) is 9.50 Å². The molecule has 1 atom stereocenters. The van der Waals surface area contributed by atoms with E-state index < -0.39 is 0 Å². The van der Waals surface area contributed by atoms with E-state index in [1.54, 1.807) is 10.7 Å². The van der Waals surface area contributed by atoms with Crippen LogP contribution in [0.15, 0.2) is 18.5 Å². The van der Waals surface area contributed by atoms with Crippen LogP contribution in [0, 0.1) is 0 Å². The molecule has 2 aromatic rings. The van der Waals surface area contributed by atoms with Gasteiger partial charge >= 0.3 is 0 Å². The zero-order valence-electron chi connectivity index (χ0n) is 11.6. The fourth-order valence-corrected chi connectivity index (χ4v) is 2.96. The molecule has 0 bridgehead atoms. The van der Waals surface area contributed by atoms with Crippen molar-refractivity contribution in [1.82, 2.24) is 19.5 Å². The van der Waals surface area contributed by atoms with Crippen molar-refractivity contribution in [2.75, 3.05) is 12.3 Å². The highest BCUT2D eigenvalue weighted by molar-refractivity contribution is 5.45. The summed E-state index contributed by atoms with van der Waals surface area (Å²) in [5.41, 5.74) is 8.39. The molecule has 1 aliphatic rings. The van der Waals surface area contributed by atoms with Crippen LogP contribution in [0.25, 0.3) is 5.65 Å². The van der Waals surface area contributed by atoms with Gasteiger partial charge in [0.2, 0.25) is 0 Å². The molecule has 2 aromatic heterocycles. The maximum atomic E-state index is 5.75. The van der Waals surface area contributed by atoms with Gasteiger partial charge in [0, 0.05) is 12.1 Å². The first-order valence-electron chi connectivity index (χ1n) is 7.01. The number of nitrogens with zero attached hydrogens (tertiary/aromatic N) is 4. The second-order valence-corrected chi connectivity index (χ2v) is 5.60. The van der Waals surface area contributed by atoms with Crippen molar-refractivity contribution in [2.24, 2.45) is 0 Å². The van der Waals surface area contributed by atoms with Crippen LogP contribution >= 0.6 is 0 Å². The molecule has 3 rings (SSSR count). The monoisotopic (exact) mass is 259 g/mol. The van der Waals surface area contributed by atoms with E-state index in [0.29, 0.717) is 17.8 Å². The molecular weight excluding hydrogens is 238 g/mol. The summed E-state index contributed by atoms with van der Waals surface area (Å²) in [7, 11) is 0. The van der Waals surface area contributed by atoms with Gasteiger partial charge in [0.05, 0.1) is 29.8 Å². The average Bonchev–Trinajstić information content (AvgIpc) is 2.81. The fraction of sp³-hybridized carbons (Fsp3) is 0.571. The normalized spacial score (nSPS) is 21.3. The summed E-state index contributed by atoms with van der Waals surface area (Å²) < 4.78 is 1.79. The molecule has 5 nitrogen and oxygen atoms in total. The Morgan fingerprint density at radius 2 is 2.21 bits per heavy atom. The van der Waals surface area contributed by atoms with E-state index in [4.69, 9.17) is 5.73 Å². The van der Waals surface area contributed by atoms with Gasteiger partial charge < -0.3 is 5.73 Å². The third-order valence-electron chi connectivity index (χ3n) is 3.90. The summed E-state index contributed by atoms with van der Waals surface area (Å²) in [6.45, 7) is 5.67. The molecule has 2 N–H and O–H groups in total. The van der Waals surface area contributed by atoms with Crippen molar-refractivity contribution in [2.45, 2.75) is 45.2 Å². The van der Waals surface area contributed by atoms with Gasteiger partial charge in [0.1, 0.15) is 0 Å². The lowest BCUT2D eigenvalue weighted by atomic mass is 9.98. The molecular formula is C14H21N5. The fourth-order valence-electron chi connectivity index (χ4n) is 2.96. The number of nitrogen functional groups attached to an aromatic ring is 1. The molecule has 102 valence electrons. The first kappa shape index (κ1) is 12.4. The van der Waals surface area contributed by atoms with E-state index in [0.717, 1.165) is 17.9 Å². The lowest BCUT2D eigenvalue weighted by Gasteiger charge is -2.37. The number of anilines is 1. The molecule has 1 unspecified atom stereocenters. The number of nitrogens with two attached hydrogens (primary N) is 1. The molecule has 0 aromatic carbocycles. The number of aromatic nitrogens is 3. The van der Waals surface area contributed by atoms with Crippen LogP contribution in [0.5, 0.6) is 0 Å². The molecule has 0 saturated carbocycles. The van der Waals surface area contributed by atoms with E-state index >= 15 is 0 Å². The molecule has 0 radical (unpaired) electrons. The highest BCUT2D eigenvalue weighted by Crippen LogP contribution is 2.31. The highest BCUT2D eigenvalue weighted by Gasteiger charge is 2.27. The van der Waals surface area contributed by atoms with Crippen LogP contribution in [-0.2, 0) is 0 Å². The Balaban J connectivity index is 1.97. The van der Waals surface area contributed by atoms with E-state index in [1.165, 1.54) is 19.3 Å². The third-order valence-corrected chi connectivity index (χ3v) is 3.90. The van der Waals surface area contributed by atoms with Crippen LogP contribution in [-0.4, -0.2) is 32.1 Å². The molecule has 0 amide bonds. The van der Waals surface area contributed by atoms with Crippen LogP contribution < -0.4 is 5.73 Å². The van der Waals surface area contributed by atoms with Crippen LogP contribution in [0.2, 0.25) is 0 Å². The van der Waals surface area contributed by atoms with Gasteiger partial charge in [-0.3, -0.25) is 4.90 Å². The van der Waals surface area contributed by atoms with Crippen LogP contribution in [0.4, 0.5) is 5.69 Å². The van der Waals surface area contributed by atoms with E-state index in [9.17, 15) is 0 Å². The summed E-state index contributed by atoms with van der Waals surface area (Å²) >= 11 is 0. The number of rotatable bonds is 2.